The average Bonchev–Trinajstić information content (AvgIpc) is 2.59. The summed E-state index contributed by atoms with van der Waals surface area (Å²) in [7, 11) is 3.61. The summed E-state index contributed by atoms with van der Waals surface area (Å²) in [5.74, 6) is 0.106. The number of benzene rings is 3. The standard InChI is InChI=1S/C20H19NOS/c1-21(2)20(22)19(16-9-4-3-5-10-16)23-18-13-12-15-8-6-7-11-17(15)14-18/h3-14,19H,1-2H3/t19-/m1/s1. The van der Waals surface area contributed by atoms with Crippen LogP contribution in [-0.2, 0) is 4.79 Å². The zero-order chi connectivity index (χ0) is 16.2. The van der Waals surface area contributed by atoms with Crippen molar-refractivity contribution in [2.24, 2.45) is 0 Å². The summed E-state index contributed by atoms with van der Waals surface area (Å²) >= 11 is 1.60. The van der Waals surface area contributed by atoms with Gasteiger partial charge in [0.1, 0.15) is 5.25 Å². The van der Waals surface area contributed by atoms with E-state index in [1.54, 1.807) is 30.8 Å². The van der Waals surface area contributed by atoms with Gasteiger partial charge >= 0.3 is 0 Å². The fraction of sp³-hybridized carbons (Fsp3) is 0.150. The molecule has 3 aromatic rings. The number of rotatable bonds is 4. The molecule has 0 aliphatic rings. The molecule has 23 heavy (non-hydrogen) atoms. The summed E-state index contributed by atoms with van der Waals surface area (Å²) < 4.78 is 0. The molecular formula is C20H19NOS. The Balaban J connectivity index is 1.95. The predicted octanol–water partition coefficient (Wildman–Crippen LogP) is 4.76. The van der Waals surface area contributed by atoms with Crippen LogP contribution in [0.2, 0.25) is 0 Å². The quantitative estimate of drug-likeness (QED) is 0.646. The zero-order valence-electron chi connectivity index (χ0n) is 13.3. The molecule has 1 amide bonds. The van der Waals surface area contributed by atoms with E-state index < -0.39 is 0 Å². The highest BCUT2D eigenvalue weighted by atomic mass is 32.2. The Kier molecular flexibility index (Phi) is 4.68. The van der Waals surface area contributed by atoms with Crippen molar-refractivity contribution in [1.82, 2.24) is 4.90 Å². The average molecular weight is 321 g/mol. The molecule has 116 valence electrons. The lowest BCUT2D eigenvalue weighted by molar-refractivity contribution is -0.128. The van der Waals surface area contributed by atoms with Crippen LogP contribution in [0.5, 0.6) is 0 Å². The van der Waals surface area contributed by atoms with Crippen LogP contribution < -0.4 is 0 Å². The molecule has 2 nitrogen and oxygen atoms in total. The summed E-state index contributed by atoms with van der Waals surface area (Å²) in [6.07, 6.45) is 0. The predicted molar refractivity (Wildman–Crippen MR) is 97.7 cm³/mol. The highest BCUT2D eigenvalue weighted by Crippen LogP contribution is 2.37. The lowest BCUT2D eigenvalue weighted by Gasteiger charge is -2.20. The maximum absolute atomic E-state index is 12.6. The molecule has 0 aliphatic carbocycles. The van der Waals surface area contributed by atoms with Gasteiger partial charge in [-0.1, -0.05) is 60.7 Å². The number of nitrogens with zero attached hydrogens (tertiary/aromatic N) is 1. The van der Waals surface area contributed by atoms with Gasteiger partial charge in [0.15, 0.2) is 0 Å². The van der Waals surface area contributed by atoms with Crippen LogP contribution in [-0.4, -0.2) is 24.9 Å². The molecule has 0 fully saturated rings. The van der Waals surface area contributed by atoms with Crippen LogP contribution in [0.3, 0.4) is 0 Å². The van der Waals surface area contributed by atoms with Crippen molar-refractivity contribution in [1.29, 1.82) is 0 Å². The first kappa shape index (κ1) is 15.6. The Morgan fingerprint density at radius 3 is 2.22 bits per heavy atom. The largest absolute Gasteiger partial charge is 0.348 e. The maximum atomic E-state index is 12.6. The second-order valence-electron chi connectivity index (χ2n) is 5.65. The third-order valence-corrected chi connectivity index (χ3v) is 4.98. The van der Waals surface area contributed by atoms with Crippen molar-refractivity contribution >= 4 is 28.4 Å². The van der Waals surface area contributed by atoms with Crippen molar-refractivity contribution in [2.45, 2.75) is 10.1 Å². The lowest BCUT2D eigenvalue weighted by atomic mass is 10.1. The molecule has 0 aromatic heterocycles. The molecule has 0 N–H and O–H groups in total. The minimum Gasteiger partial charge on any atom is -0.348 e. The Labute approximate surface area is 141 Å². The van der Waals surface area contributed by atoms with Crippen molar-refractivity contribution < 1.29 is 4.79 Å². The zero-order valence-corrected chi connectivity index (χ0v) is 14.1. The van der Waals surface area contributed by atoms with E-state index in [0.29, 0.717) is 0 Å². The van der Waals surface area contributed by atoms with E-state index in [9.17, 15) is 4.79 Å². The molecule has 1 atom stereocenters. The maximum Gasteiger partial charge on any atom is 0.240 e. The molecule has 0 saturated carbocycles. The first-order valence-electron chi connectivity index (χ1n) is 7.57. The van der Waals surface area contributed by atoms with Crippen LogP contribution in [0.25, 0.3) is 10.8 Å². The van der Waals surface area contributed by atoms with Gasteiger partial charge in [-0.05, 0) is 28.5 Å². The van der Waals surface area contributed by atoms with Crippen LogP contribution >= 0.6 is 11.8 Å². The van der Waals surface area contributed by atoms with Crippen molar-refractivity contribution in [3.63, 3.8) is 0 Å². The number of amides is 1. The molecule has 3 heteroatoms. The van der Waals surface area contributed by atoms with Crippen molar-refractivity contribution in [3.05, 3.63) is 78.4 Å². The molecule has 0 unspecified atom stereocenters. The van der Waals surface area contributed by atoms with E-state index in [2.05, 4.69) is 30.3 Å². The summed E-state index contributed by atoms with van der Waals surface area (Å²) in [6, 6.07) is 24.6. The molecule has 0 aliphatic heterocycles. The minimum absolute atomic E-state index is 0.106. The number of hydrogen-bond acceptors (Lipinski definition) is 2. The lowest BCUT2D eigenvalue weighted by Crippen LogP contribution is -2.26. The highest BCUT2D eigenvalue weighted by molar-refractivity contribution is 8.00. The topological polar surface area (TPSA) is 20.3 Å². The number of likely N-dealkylation sites (N-methyl/N-ethyl adjacent to an activating group) is 1. The fourth-order valence-corrected chi connectivity index (χ4v) is 3.72. The highest BCUT2D eigenvalue weighted by Gasteiger charge is 2.23. The van der Waals surface area contributed by atoms with Crippen LogP contribution in [0.1, 0.15) is 10.8 Å². The molecule has 0 saturated heterocycles. The van der Waals surface area contributed by atoms with Gasteiger partial charge in [-0.3, -0.25) is 4.79 Å². The van der Waals surface area contributed by atoms with Gasteiger partial charge in [0.25, 0.3) is 0 Å². The Morgan fingerprint density at radius 1 is 0.870 bits per heavy atom. The number of fused-ring (bicyclic) bond motifs is 1. The van der Waals surface area contributed by atoms with Gasteiger partial charge in [-0.15, -0.1) is 11.8 Å². The smallest absolute Gasteiger partial charge is 0.240 e. The first-order valence-corrected chi connectivity index (χ1v) is 8.45. The summed E-state index contributed by atoms with van der Waals surface area (Å²) in [6.45, 7) is 0. The van der Waals surface area contributed by atoms with E-state index in [4.69, 9.17) is 0 Å². The van der Waals surface area contributed by atoms with Gasteiger partial charge in [0.2, 0.25) is 5.91 Å². The van der Waals surface area contributed by atoms with E-state index in [-0.39, 0.29) is 11.2 Å². The van der Waals surface area contributed by atoms with Gasteiger partial charge < -0.3 is 4.90 Å². The Morgan fingerprint density at radius 2 is 1.52 bits per heavy atom. The number of carbonyl (C=O) groups excluding carboxylic acids is 1. The van der Waals surface area contributed by atoms with Crippen molar-refractivity contribution in [3.8, 4) is 0 Å². The number of carbonyl (C=O) groups is 1. The van der Waals surface area contributed by atoms with Gasteiger partial charge in [-0.25, -0.2) is 0 Å². The first-order chi connectivity index (χ1) is 11.1. The molecular weight excluding hydrogens is 302 g/mol. The van der Waals surface area contributed by atoms with Gasteiger partial charge in [0, 0.05) is 19.0 Å². The van der Waals surface area contributed by atoms with Gasteiger partial charge in [-0.2, -0.15) is 0 Å². The molecule has 0 radical (unpaired) electrons. The molecule has 0 heterocycles. The van der Waals surface area contributed by atoms with Crippen LogP contribution in [0.4, 0.5) is 0 Å². The second-order valence-corrected chi connectivity index (χ2v) is 6.83. The third kappa shape index (κ3) is 3.57. The Hall–Kier alpha value is -2.26. The van der Waals surface area contributed by atoms with E-state index in [1.165, 1.54) is 10.8 Å². The Bertz CT molecular complexity index is 814. The van der Waals surface area contributed by atoms with Crippen molar-refractivity contribution in [2.75, 3.05) is 14.1 Å². The summed E-state index contributed by atoms with van der Waals surface area (Å²) in [5, 5.41) is 2.18. The number of hydrogen-bond donors (Lipinski definition) is 0. The third-order valence-electron chi connectivity index (χ3n) is 3.74. The number of thioether (sulfide) groups is 1. The summed E-state index contributed by atoms with van der Waals surface area (Å²) in [4.78, 5) is 15.4. The van der Waals surface area contributed by atoms with Crippen LogP contribution in [0, 0.1) is 0 Å². The molecule has 0 spiro atoms. The fourth-order valence-electron chi connectivity index (χ4n) is 2.50. The second kappa shape index (κ2) is 6.88. The summed E-state index contributed by atoms with van der Waals surface area (Å²) in [5.41, 5.74) is 1.03. The molecule has 3 rings (SSSR count). The van der Waals surface area contributed by atoms with E-state index >= 15 is 0 Å². The van der Waals surface area contributed by atoms with E-state index in [1.807, 2.05) is 42.5 Å². The normalized spacial score (nSPS) is 12.1. The minimum atomic E-state index is -0.229. The molecule has 3 aromatic carbocycles. The van der Waals surface area contributed by atoms with Crippen LogP contribution in [0.15, 0.2) is 77.7 Å². The van der Waals surface area contributed by atoms with E-state index in [0.717, 1.165) is 10.5 Å². The van der Waals surface area contributed by atoms with Gasteiger partial charge in [0.05, 0.1) is 0 Å². The SMILES string of the molecule is CN(C)C(=O)[C@H](Sc1ccc2ccccc2c1)c1ccccc1. The molecule has 0 bridgehead atoms. The monoisotopic (exact) mass is 321 g/mol.